The van der Waals surface area contributed by atoms with Gasteiger partial charge in [0.15, 0.2) is 0 Å². The maximum absolute atomic E-state index is 13.2. The zero-order valence-corrected chi connectivity index (χ0v) is 11.8. The number of benzene rings is 2. The fourth-order valence-electron chi connectivity index (χ4n) is 1.82. The molecule has 3 heteroatoms. The van der Waals surface area contributed by atoms with E-state index in [-0.39, 0.29) is 5.82 Å². The zero-order valence-electron chi connectivity index (χ0n) is 10.2. The second-order valence-corrected chi connectivity index (χ2v) is 5.10. The van der Waals surface area contributed by atoms with Gasteiger partial charge in [-0.15, -0.1) is 0 Å². The van der Waals surface area contributed by atoms with Crippen molar-refractivity contribution in [3.05, 3.63) is 63.9 Å². The zero-order chi connectivity index (χ0) is 13.0. The van der Waals surface area contributed by atoms with Crippen molar-refractivity contribution in [3.63, 3.8) is 0 Å². The van der Waals surface area contributed by atoms with Crippen LogP contribution in [0.1, 0.15) is 18.1 Å². The maximum Gasteiger partial charge on any atom is 0.124 e. The lowest BCUT2D eigenvalue weighted by molar-refractivity contribution is 0.625. The summed E-state index contributed by atoms with van der Waals surface area (Å²) in [4.78, 5) is 0. The van der Waals surface area contributed by atoms with E-state index in [4.69, 9.17) is 0 Å². The Morgan fingerprint density at radius 2 is 1.94 bits per heavy atom. The summed E-state index contributed by atoms with van der Waals surface area (Å²) in [5, 5.41) is 3.30. The number of rotatable bonds is 4. The number of aryl methyl sites for hydroxylation is 1. The monoisotopic (exact) mass is 307 g/mol. The molecule has 0 saturated carbocycles. The van der Waals surface area contributed by atoms with Crippen molar-refractivity contribution in [1.29, 1.82) is 0 Å². The van der Waals surface area contributed by atoms with Crippen LogP contribution >= 0.6 is 15.9 Å². The molecule has 0 aliphatic heterocycles. The quantitative estimate of drug-likeness (QED) is 0.858. The number of halogens is 2. The molecule has 0 aliphatic carbocycles. The summed E-state index contributed by atoms with van der Waals surface area (Å²) < 4.78 is 14.0. The Morgan fingerprint density at radius 1 is 1.11 bits per heavy atom. The van der Waals surface area contributed by atoms with Crippen LogP contribution in [-0.4, -0.2) is 0 Å². The van der Waals surface area contributed by atoms with Gasteiger partial charge in [-0.05, 0) is 47.9 Å². The lowest BCUT2D eigenvalue weighted by atomic mass is 10.1. The van der Waals surface area contributed by atoms with E-state index in [1.54, 1.807) is 6.07 Å². The van der Waals surface area contributed by atoms with Crippen molar-refractivity contribution < 1.29 is 4.39 Å². The average molecular weight is 308 g/mol. The van der Waals surface area contributed by atoms with Crippen LogP contribution in [0.4, 0.5) is 10.1 Å². The van der Waals surface area contributed by atoms with E-state index < -0.39 is 0 Å². The highest BCUT2D eigenvalue weighted by molar-refractivity contribution is 9.10. The SMILES string of the molecule is CCc1cccc(NCc2cc(F)cc(Br)c2)c1. The standard InChI is InChI=1S/C15H15BrFN/c1-2-11-4-3-5-15(8-11)18-10-12-6-13(16)9-14(17)7-12/h3-9,18H,2,10H2,1H3. The van der Waals surface area contributed by atoms with E-state index in [1.165, 1.54) is 11.6 Å². The fourth-order valence-corrected chi connectivity index (χ4v) is 2.33. The van der Waals surface area contributed by atoms with Crippen molar-refractivity contribution in [2.24, 2.45) is 0 Å². The Hall–Kier alpha value is -1.35. The van der Waals surface area contributed by atoms with Gasteiger partial charge in [0, 0.05) is 16.7 Å². The predicted molar refractivity (Wildman–Crippen MR) is 77.2 cm³/mol. The van der Waals surface area contributed by atoms with E-state index in [0.29, 0.717) is 6.54 Å². The second-order valence-electron chi connectivity index (χ2n) is 4.19. The minimum absolute atomic E-state index is 0.219. The molecule has 18 heavy (non-hydrogen) atoms. The molecule has 0 saturated heterocycles. The van der Waals surface area contributed by atoms with E-state index in [1.807, 2.05) is 18.2 Å². The molecular formula is C15H15BrFN. The van der Waals surface area contributed by atoms with Crippen molar-refractivity contribution >= 4 is 21.6 Å². The van der Waals surface area contributed by atoms with Crippen molar-refractivity contribution in [2.45, 2.75) is 19.9 Å². The first-order valence-electron chi connectivity index (χ1n) is 5.95. The third-order valence-corrected chi connectivity index (χ3v) is 3.21. The Bertz CT molecular complexity index is 520. The van der Waals surface area contributed by atoms with E-state index in [2.05, 4.69) is 40.3 Å². The molecule has 0 aliphatic rings. The first kappa shape index (κ1) is 13.1. The van der Waals surface area contributed by atoms with Gasteiger partial charge < -0.3 is 5.32 Å². The lowest BCUT2D eigenvalue weighted by Crippen LogP contribution is -2.00. The molecule has 0 fully saturated rings. The summed E-state index contributed by atoms with van der Waals surface area (Å²) in [6.07, 6.45) is 1.01. The number of anilines is 1. The van der Waals surface area contributed by atoms with E-state index in [0.717, 1.165) is 22.1 Å². The molecule has 1 N–H and O–H groups in total. The lowest BCUT2D eigenvalue weighted by Gasteiger charge is -2.08. The molecule has 0 atom stereocenters. The molecule has 2 aromatic rings. The summed E-state index contributed by atoms with van der Waals surface area (Å²) in [6, 6.07) is 13.2. The topological polar surface area (TPSA) is 12.0 Å². The predicted octanol–water partition coefficient (Wildman–Crippen LogP) is 4.76. The van der Waals surface area contributed by atoms with Crippen LogP contribution in [0.15, 0.2) is 46.9 Å². The normalized spacial score (nSPS) is 10.4. The van der Waals surface area contributed by atoms with Crippen molar-refractivity contribution in [1.82, 2.24) is 0 Å². The third-order valence-electron chi connectivity index (χ3n) is 2.75. The highest BCUT2D eigenvalue weighted by Crippen LogP contribution is 2.17. The van der Waals surface area contributed by atoms with Crippen LogP contribution in [0.5, 0.6) is 0 Å². The molecule has 1 nitrogen and oxygen atoms in total. The van der Waals surface area contributed by atoms with E-state index in [9.17, 15) is 4.39 Å². The molecule has 0 bridgehead atoms. The summed E-state index contributed by atoms with van der Waals surface area (Å²) in [6.45, 7) is 2.74. The van der Waals surface area contributed by atoms with Crippen LogP contribution in [0.25, 0.3) is 0 Å². The molecule has 2 rings (SSSR count). The molecule has 0 aromatic heterocycles. The Balaban J connectivity index is 2.06. The van der Waals surface area contributed by atoms with Gasteiger partial charge in [0.05, 0.1) is 0 Å². The van der Waals surface area contributed by atoms with Crippen LogP contribution in [0, 0.1) is 5.82 Å². The van der Waals surface area contributed by atoms with Crippen LogP contribution in [0.3, 0.4) is 0 Å². The highest BCUT2D eigenvalue weighted by atomic mass is 79.9. The van der Waals surface area contributed by atoms with Crippen LogP contribution in [-0.2, 0) is 13.0 Å². The smallest absolute Gasteiger partial charge is 0.124 e. The maximum atomic E-state index is 13.2. The van der Waals surface area contributed by atoms with Crippen molar-refractivity contribution in [3.8, 4) is 0 Å². The first-order chi connectivity index (χ1) is 8.67. The summed E-state index contributed by atoms with van der Waals surface area (Å²) >= 11 is 3.29. The Kier molecular flexibility index (Phi) is 4.37. The largest absolute Gasteiger partial charge is 0.381 e. The fraction of sp³-hybridized carbons (Fsp3) is 0.200. The van der Waals surface area contributed by atoms with Gasteiger partial charge in [0.25, 0.3) is 0 Å². The minimum atomic E-state index is -0.219. The van der Waals surface area contributed by atoms with Gasteiger partial charge in [-0.1, -0.05) is 35.0 Å². The van der Waals surface area contributed by atoms with Crippen molar-refractivity contribution in [2.75, 3.05) is 5.32 Å². The van der Waals surface area contributed by atoms with Gasteiger partial charge in [-0.25, -0.2) is 4.39 Å². The number of nitrogens with one attached hydrogen (secondary N) is 1. The van der Waals surface area contributed by atoms with Crippen LogP contribution in [0.2, 0.25) is 0 Å². The van der Waals surface area contributed by atoms with Gasteiger partial charge in [-0.3, -0.25) is 0 Å². The van der Waals surface area contributed by atoms with Gasteiger partial charge in [0.1, 0.15) is 5.82 Å². The molecule has 94 valence electrons. The van der Waals surface area contributed by atoms with Gasteiger partial charge >= 0.3 is 0 Å². The summed E-state index contributed by atoms with van der Waals surface area (Å²) in [7, 11) is 0. The highest BCUT2D eigenvalue weighted by Gasteiger charge is 2.00. The second kappa shape index (κ2) is 6.01. The van der Waals surface area contributed by atoms with Crippen LogP contribution < -0.4 is 5.32 Å². The number of hydrogen-bond donors (Lipinski definition) is 1. The molecule has 2 aromatic carbocycles. The Morgan fingerprint density at radius 3 is 2.67 bits per heavy atom. The molecule has 0 unspecified atom stereocenters. The summed E-state index contributed by atoms with van der Waals surface area (Å²) in [5.74, 6) is -0.219. The van der Waals surface area contributed by atoms with Gasteiger partial charge in [-0.2, -0.15) is 0 Å². The molecular weight excluding hydrogens is 293 g/mol. The molecule has 0 amide bonds. The first-order valence-corrected chi connectivity index (χ1v) is 6.74. The molecule has 0 heterocycles. The Labute approximate surface area is 115 Å². The number of hydrogen-bond acceptors (Lipinski definition) is 1. The average Bonchev–Trinajstić information content (AvgIpc) is 2.35. The van der Waals surface area contributed by atoms with Gasteiger partial charge in [0.2, 0.25) is 0 Å². The summed E-state index contributed by atoms with van der Waals surface area (Å²) in [5.41, 5.74) is 3.28. The molecule has 0 spiro atoms. The molecule has 0 radical (unpaired) electrons. The third kappa shape index (κ3) is 3.57. The van der Waals surface area contributed by atoms with E-state index >= 15 is 0 Å². The minimum Gasteiger partial charge on any atom is -0.381 e.